The van der Waals surface area contributed by atoms with Crippen molar-refractivity contribution < 1.29 is 4.74 Å². The van der Waals surface area contributed by atoms with Crippen LogP contribution in [-0.2, 0) is 6.54 Å². The first-order valence-corrected chi connectivity index (χ1v) is 7.31. The molecule has 1 aromatic carbocycles. The van der Waals surface area contributed by atoms with Gasteiger partial charge in [0.05, 0.1) is 6.61 Å². The second-order valence-electron chi connectivity index (χ2n) is 4.36. The Balaban J connectivity index is 2.17. The van der Waals surface area contributed by atoms with E-state index in [9.17, 15) is 0 Å². The number of aromatic nitrogens is 1. The molecule has 0 unspecified atom stereocenters. The highest BCUT2D eigenvalue weighted by molar-refractivity contribution is 6.18. The average Bonchev–Trinajstić information content (AvgIpc) is 2.49. The van der Waals surface area contributed by atoms with Crippen molar-refractivity contribution in [2.24, 2.45) is 0 Å². The number of alkyl halides is 1. The lowest BCUT2D eigenvalue weighted by Crippen LogP contribution is -2.25. The van der Waals surface area contributed by atoms with E-state index in [-0.39, 0.29) is 0 Å². The van der Waals surface area contributed by atoms with E-state index in [0.717, 1.165) is 18.9 Å². The van der Waals surface area contributed by atoms with Gasteiger partial charge in [-0.05, 0) is 18.6 Å². The van der Waals surface area contributed by atoms with Gasteiger partial charge in [0, 0.05) is 25.0 Å². The number of hydrogen-bond acceptors (Lipinski definition) is 3. The normalized spacial score (nSPS) is 10.3. The predicted molar refractivity (Wildman–Crippen MR) is 83.6 cm³/mol. The zero-order chi connectivity index (χ0) is 14.2. The minimum absolute atomic E-state index is 0.563. The van der Waals surface area contributed by atoms with Gasteiger partial charge < -0.3 is 9.64 Å². The smallest absolute Gasteiger partial charge is 0.215 e. The molecule has 0 fully saturated rings. The maximum absolute atomic E-state index is 5.91. The topological polar surface area (TPSA) is 25.4 Å². The Morgan fingerprint density at radius 1 is 1.10 bits per heavy atom. The first-order valence-electron chi connectivity index (χ1n) is 6.78. The summed E-state index contributed by atoms with van der Waals surface area (Å²) in [5.74, 6) is 2.10. The number of rotatable bonds is 7. The minimum atomic E-state index is 0.563. The Hall–Kier alpha value is -1.74. The monoisotopic (exact) mass is 290 g/mol. The fourth-order valence-corrected chi connectivity index (χ4v) is 2.19. The molecule has 20 heavy (non-hydrogen) atoms. The summed E-state index contributed by atoms with van der Waals surface area (Å²) in [7, 11) is 0. The van der Waals surface area contributed by atoms with Gasteiger partial charge >= 0.3 is 0 Å². The van der Waals surface area contributed by atoms with Crippen molar-refractivity contribution in [3.8, 4) is 5.88 Å². The number of ether oxygens (including phenoxy) is 1. The van der Waals surface area contributed by atoms with Crippen LogP contribution < -0.4 is 9.64 Å². The number of nitrogens with zero attached hydrogens (tertiary/aromatic N) is 2. The van der Waals surface area contributed by atoms with Crippen molar-refractivity contribution in [1.82, 2.24) is 4.98 Å². The average molecular weight is 291 g/mol. The molecular formula is C16H19ClN2O. The van der Waals surface area contributed by atoms with Crippen LogP contribution in [0.2, 0.25) is 0 Å². The molecule has 0 saturated carbocycles. The van der Waals surface area contributed by atoms with Crippen molar-refractivity contribution in [2.75, 3.05) is 23.9 Å². The summed E-state index contributed by atoms with van der Waals surface area (Å²) in [4.78, 5) is 6.68. The van der Waals surface area contributed by atoms with E-state index < -0.39 is 0 Å². The Morgan fingerprint density at radius 2 is 1.90 bits per heavy atom. The molecule has 0 radical (unpaired) electrons. The van der Waals surface area contributed by atoms with Crippen LogP contribution in [0.4, 0.5) is 5.82 Å². The van der Waals surface area contributed by atoms with Gasteiger partial charge in [0.2, 0.25) is 5.88 Å². The zero-order valence-electron chi connectivity index (χ0n) is 11.6. The molecule has 0 aliphatic rings. The van der Waals surface area contributed by atoms with Crippen LogP contribution in [0.15, 0.2) is 48.5 Å². The van der Waals surface area contributed by atoms with Gasteiger partial charge in [-0.3, -0.25) is 0 Å². The molecule has 2 rings (SSSR count). The summed E-state index contributed by atoms with van der Waals surface area (Å²) in [5.41, 5.74) is 1.24. The molecule has 0 saturated heterocycles. The molecule has 1 heterocycles. The van der Waals surface area contributed by atoms with E-state index in [1.165, 1.54) is 5.56 Å². The molecule has 106 valence electrons. The molecular weight excluding hydrogens is 272 g/mol. The molecule has 0 amide bonds. The van der Waals surface area contributed by atoms with E-state index in [2.05, 4.69) is 22.0 Å². The highest BCUT2D eigenvalue weighted by Gasteiger charge is 2.09. The number of anilines is 1. The molecule has 4 heteroatoms. The quantitative estimate of drug-likeness (QED) is 0.727. The van der Waals surface area contributed by atoms with Crippen LogP contribution in [-0.4, -0.2) is 24.0 Å². The SMILES string of the molecule is CCOc1cccc(N(CCCl)Cc2ccccc2)n1. The lowest BCUT2D eigenvalue weighted by Gasteiger charge is -2.23. The molecule has 3 nitrogen and oxygen atoms in total. The van der Waals surface area contributed by atoms with Crippen LogP contribution in [0.5, 0.6) is 5.88 Å². The zero-order valence-corrected chi connectivity index (χ0v) is 12.4. The van der Waals surface area contributed by atoms with E-state index in [4.69, 9.17) is 16.3 Å². The second-order valence-corrected chi connectivity index (χ2v) is 4.74. The maximum atomic E-state index is 5.91. The Labute approximate surface area is 125 Å². The maximum Gasteiger partial charge on any atom is 0.215 e. The molecule has 1 aromatic heterocycles. The Kier molecular flexibility index (Phi) is 5.69. The van der Waals surface area contributed by atoms with Crippen LogP contribution in [0, 0.1) is 0 Å². The Bertz CT molecular complexity index is 519. The van der Waals surface area contributed by atoms with Gasteiger partial charge in [0.15, 0.2) is 0 Å². The largest absolute Gasteiger partial charge is 0.478 e. The summed E-state index contributed by atoms with van der Waals surface area (Å²) in [6.07, 6.45) is 0. The van der Waals surface area contributed by atoms with E-state index in [0.29, 0.717) is 18.4 Å². The van der Waals surface area contributed by atoms with Crippen molar-refractivity contribution in [1.29, 1.82) is 0 Å². The van der Waals surface area contributed by atoms with Crippen LogP contribution in [0.25, 0.3) is 0 Å². The molecule has 0 aliphatic carbocycles. The third-order valence-electron chi connectivity index (χ3n) is 2.90. The van der Waals surface area contributed by atoms with E-state index >= 15 is 0 Å². The fourth-order valence-electron chi connectivity index (χ4n) is 1.99. The highest BCUT2D eigenvalue weighted by Crippen LogP contribution is 2.18. The van der Waals surface area contributed by atoms with Crippen LogP contribution in [0.3, 0.4) is 0 Å². The van der Waals surface area contributed by atoms with Crippen molar-refractivity contribution in [3.63, 3.8) is 0 Å². The summed E-state index contributed by atoms with van der Waals surface area (Å²) >= 11 is 5.91. The van der Waals surface area contributed by atoms with Crippen molar-refractivity contribution in [2.45, 2.75) is 13.5 Å². The fraction of sp³-hybridized carbons (Fsp3) is 0.312. The molecule has 0 N–H and O–H groups in total. The molecule has 0 aliphatic heterocycles. The molecule has 0 atom stereocenters. The molecule has 0 spiro atoms. The van der Waals surface area contributed by atoms with Crippen molar-refractivity contribution >= 4 is 17.4 Å². The highest BCUT2D eigenvalue weighted by atomic mass is 35.5. The number of pyridine rings is 1. The minimum Gasteiger partial charge on any atom is -0.478 e. The summed E-state index contributed by atoms with van der Waals surface area (Å²) in [6.45, 7) is 4.11. The number of hydrogen-bond donors (Lipinski definition) is 0. The van der Waals surface area contributed by atoms with E-state index in [1.807, 2.05) is 43.3 Å². The Morgan fingerprint density at radius 3 is 2.60 bits per heavy atom. The van der Waals surface area contributed by atoms with E-state index in [1.54, 1.807) is 0 Å². The van der Waals surface area contributed by atoms with Gasteiger partial charge in [0.25, 0.3) is 0 Å². The molecule has 2 aromatic rings. The predicted octanol–water partition coefficient (Wildman–Crippen LogP) is 3.73. The van der Waals surface area contributed by atoms with Gasteiger partial charge in [0.1, 0.15) is 5.82 Å². The third kappa shape index (κ3) is 4.14. The van der Waals surface area contributed by atoms with Gasteiger partial charge in [-0.1, -0.05) is 36.4 Å². The lowest BCUT2D eigenvalue weighted by molar-refractivity contribution is 0.327. The first kappa shape index (κ1) is 14.7. The molecule has 0 bridgehead atoms. The standard InChI is InChI=1S/C16H19ClN2O/c1-2-20-16-10-6-9-15(18-16)19(12-11-17)13-14-7-4-3-5-8-14/h3-10H,2,11-13H2,1H3. The van der Waals surface area contributed by atoms with Gasteiger partial charge in [-0.2, -0.15) is 4.98 Å². The van der Waals surface area contributed by atoms with Crippen molar-refractivity contribution in [3.05, 3.63) is 54.1 Å². The second kappa shape index (κ2) is 7.75. The first-order chi connectivity index (χ1) is 9.83. The summed E-state index contributed by atoms with van der Waals surface area (Å²) in [6, 6.07) is 16.1. The summed E-state index contributed by atoms with van der Waals surface area (Å²) < 4.78 is 5.45. The number of benzene rings is 1. The third-order valence-corrected chi connectivity index (χ3v) is 3.06. The lowest BCUT2D eigenvalue weighted by atomic mass is 10.2. The summed E-state index contributed by atoms with van der Waals surface area (Å²) in [5, 5.41) is 0. The number of halogens is 1. The van der Waals surface area contributed by atoms with Crippen LogP contribution >= 0.6 is 11.6 Å². The van der Waals surface area contributed by atoms with Gasteiger partial charge in [-0.25, -0.2) is 0 Å². The van der Waals surface area contributed by atoms with Gasteiger partial charge in [-0.15, -0.1) is 11.6 Å². The van der Waals surface area contributed by atoms with Crippen LogP contribution in [0.1, 0.15) is 12.5 Å².